The van der Waals surface area contributed by atoms with Crippen molar-refractivity contribution in [2.75, 3.05) is 12.4 Å². The van der Waals surface area contributed by atoms with E-state index in [1.165, 1.54) is 17.7 Å². The molecule has 0 fully saturated rings. The number of hydrogen-bond donors (Lipinski definition) is 2. The van der Waals surface area contributed by atoms with Gasteiger partial charge in [-0.25, -0.2) is 17.9 Å². The SMILES string of the molecule is CN1Cc2cc3ccn(-c4ccc(NC(=O)NS(=O)(=O)c5ccc(Cl)s5)cc4)c(=O)c3cc2C1. The highest BCUT2D eigenvalue weighted by atomic mass is 35.5. The second-order valence-corrected chi connectivity index (χ2v) is 11.7. The molecule has 2 amide bonds. The van der Waals surface area contributed by atoms with E-state index in [-0.39, 0.29) is 9.77 Å². The molecule has 0 radical (unpaired) electrons. The molecule has 174 valence electrons. The molecule has 4 aromatic rings. The summed E-state index contributed by atoms with van der Waals surface area (Å²) in [6.07, 6.45) is 1.73. The van der Waals surface area contributed by atoms with Crippen molar-refractivity contribution < 1.29 is 13.2 Å². The number of sulfonamides is 1. The molecule has 34 heavy (non-hydrogen) atoms. The number of nitrogens with zero attached hydrogens (tertiary/aromatic N) is 2. The van der Waals surface area contributed by atoms with Gasteiger partial charge in [-0.05, 0) is 78.2 Å². The molecule has 11 heteroatoms. The monoisotopic (exact) mass is 514 g/mol. The second kappa shape index (κ2) is 8.55. The van der Waals surface area contributed by atoms with Gasteiger partial charge in [0.25, 0.3) is 15.6 Å². The molecular formula is C23H19ClN4O4S2. The highest BCUT2D eigenvalue weighted by Gasteiger charge is 2.20. The zero-order valence-corrected chi connectivity index (χ0v) is 20.3. The zero-order chi connectivity index (χ0) is 24.0. The Labute approximate surface area is 204 Å². The highest BCUT2D eigenvalue weighted by molar-refractivity contribution is 7.92. The van der Waals surface area contributed by atoms with Crippen LogP contribution in [-0.2, 0) is 23.1 Å². The molecule has 5 rings (SSSR count). The third kappa shape index (κ3) is 4.32. The van der Waals surface area contributed by atoms with Crippen LogP contribution in [0.3, 0.4) is 0 Å². The summed E-state index contributed by atoms with van der Waals surface area (Å²) in [6, 6.07) is 14.4. The predicted molar refractivity (Wildman–Crippen MR) is 133 cm³/mol. The van der Waals surface area contributed by atoms with E-state index in [0.717, 1.165) is 35.4 Å². The number of aromatic nitrogens is 1. The fraction of sp³-hybridized carbons (Fsp3) is 0.130. The largest absolute Gasteiger partial charge is 0.333 e. The number of hydrogen-bond acceptors (Lipinski definition) is 6. The fourth-order valence-corrected chi connectivity index (χ4v) is 6.39. The third-order valence-electron chi connectivity index (χ3n) is 5.55. The Morgan fingerprint density at radius 1 is 1.03 bits per heavy atom. The second-order valence-electron chi connectivity index (χ2n) is 8.04. The fourth-order valence-electron chi connectivity index (χ4n) is 4.00. The van der Waals surface area contributed by atoms with Gasteiger partial charge in [0.15, 0.2) is 0 Å². The number of amides is 2. The number of urea groups is 1. The van der Waals surface area contributed by atoms with Crippen LogP contribution in [0.2, 0.25) is 4.34 Å². The molecular weight excluding hydrogens is 496 g/mol. The summed E-state index contributed by atoms with van der Waals surface area (Å²) in [6.45, 7) is 1.69. The number of pyridine rings is 1. The smallest absolute Gasteiger partial charge is 0.307 e. The normalized spacial score (nSPS) is 13.7. The molecule has 1 aliphatic heterocycles. The minimum absolute atomic E-state index is 0.0593. The molecule has 1 aliphatic rings. The topological polar surface area (TPSA) is 101 Å². The van der Waals surface area contributed by atoms with Crippen molar-refractivity contribution in [3.63, 3.8) is 0 Å². The molecule has 0 aliphatic carbocycles. The van der Waals surface area contributed by atoms with E-state index in [1.807, 2.05) is 23.9 Å². The Morgan fingerprint density at radius 2 is 1.74 bits per heavy atom. The minimum Gasteiger partial charge on any atom is -0.307 e. The van der Waals surface area contributed by atoms with E-state index >= 15 is 0 Å². The first-order valence-electron chi connectivity index (χ1n) is 10.2. The first-order chi connectivity index (χ1) is 16.2. The van der Waals surface area contributed by atoms with Crippen molar-refractivity contribution in [1.82, 2.24) is 14.2 Å². The number of carbonyl (C=O) groups excluding carboxylic acids is 1. The number of halogens is 1. The van der Waals surface area contributed by atoms with E-state index in [4.69, 9.17) is 11.6 Å². The molecule has 2 N–H and O–H groups in total. The first kappa shape index (κ1) is 22.6. The number of anilines is 1. The van der Waals surface area contributed by atoms with Crippen molar-refractivity contribution in [2.24, 2.45) is 0 Å². The summed E-state index contributed by atoms with van der Waals surface area (Å²) in [5, 5.41) is 4.03. The van der Waals surface area contributed by atoms with Crippen molar-refractivity contribution in [3.05, 3.63) is 86.6 Å². The summed E-state index contributed by atoms with van der Waals surface area (Å²) in [4.78, 5) is 27.6. The Balaban J connectivity index is 1.35. The van der Waals surface area contributed by atoms with Crippen LogP contribution in [0.25, 0.3) is 16.5 Å². The molecule has 0 saturated heterocycles. The van der Waals surface area contributed by atoms with Crippen LogP contribution in [-0.4, -0.2) is 31.0 Å². The van der Waals surface area contributed by atoms with Gasteiger partial charge >= 0.3 is 6.03 Å². The van der Waals surface area contributed by atoms with E-state index in [1.54, 1.807) is 35.0 Å². The lowest BCUT2D eigenvalue weighted by Crippen LogP contribution is -2.33. The maximum atomic E-state index is 13.2. The van der Waals surface area contributed by atoms with Crippen molar-refractivity contribution >= 4 is 55.5 Å². The van der Waals surface area contributed by atoms with Gasteiger partial charge in [-0.3, -0.25) is 14.3 Å². The molecule has 2 aromatic carbocycles. The van der Waals surface area contributed by atoms with Crippen LogP contribution < -0.4 is 15.6 Å². The molecule has 0 bridgehead atoms. The summed E-state index contributed by atoms with van der Waals surface area (Å²) < 4.78 is 28.3. The molecule has 0 saturated carbocycles. The summed E-state index contributed by atoms with van der Waals surface area (Å²) >= 11 is 6.62. The van der Waals surface area contributed by atoms with Gasteiger partial charge in [0, 0.05) is 36.0 Å². The molecule has 0 atom stereocenters. The van der Waals surface area contributed by atoms with Crippen LogP contribution in [0.4, 0.5) is 10.5 Å². The number of fused-ring (bicyclic) bond motifs is 2. The average Bonchev–Trinajstić information content (AvgIpc) is 3.38. The quantitative estimate of drug-likeness (QED) is 0.426. The molecule has 8 nitrogen and oxygen atoms in total. The van der Waals surface area contributed by atoms with Gasteiger partial charge in [0.2, 0.25) is 0 Å². The lowest BCUT2D eigenvalue weighted by atomic mass is 10.0. The van der Waals surface area contributed by atoms with E-state index < -0.39 is 16.1 Å². The Kier molecular flexibility index (Phi) is 5.68. The number of nitrogens with one attached hydrogen (secondary N) is 2. The maximum absolute atomic E-state index is 13.2. The van der Waals surface area contributed by atoms with Crippen molar-refractivity contribution in [3.8, 4) is 5.69 Å². The van der Waals surface area contributed by atoms with Crippen molar-refractivity contribution in [1.29, 1.82) is 0 Å². The summed E-state index contributed by atoms with van der Waals surface area (Å²) in [7, 11) is -1.97. The number of benzene rings is 2. The van der Waals surface area contributed by atoms with Crippen molar-refractivity contribution in [2.45, 2.75) is 17.3 Å². The molecule has 0 spiro atoms. The molecule has 2 aromatic heterocycles. The van der Waals surface area contributed by atoms with Crippen LogP contribution in [0.15, 0.2) is 69.8 Å². The number of rotatable bonds is 4. The van der Waals surface area contributed by atoms with Gasteiger partial charge in [-0.1, -0.05) is 11.6 Å². The summed E-state index contributed by atoms with van der Waals surface area (Å²) in [5.74, 6) is 0. The average molecular weight is 515 g/mol. The van der Waals surface area contributed by atoms with Gasteiger partial charge in [0.05, 0.1) is 4.34 Å². The van der Waals surface area contributed by atoms with Gasteiger partial charge in [-0.2, -0.15) is 0 Å². The third-order valence-corrected chi connectivity index (χ3v) is 8.60. The highest BCUT2D eigenvalue weighted by Crippen LogP contribution is 2.27. The molecule has 0 unspecified atom stereocenters. The van der Waals surface area contributed by atoms with Crippen LogP contribution in [0.5, 0.6) is 0 Å². The van der Waals surface area contributed by atoms with E-state index in [2.05, 4.69) is 16.3 Å². The minimum atomic E-state index is -4.02. The van der Waals surface area contributed by atoms with Crippen LogP contribution in [0, 0.1) is 0 Å². The van der Waals surface area contributed by atoms with Gasteiger partial charge < -0.3 is 5.32 Å². The van der Waals surface area contributed by atoms with E-state index in [0.29, 0.717) is 21.1 Å². The molecule has 3 heterocycles. The first-order valence-corrected chi connectivity index (χ1v) is 12.9. The predicted octanol–water partition coefficient (Wildman–Crippen LogP) is 4.16. The number of carbonyl (C=O) groups is 1. The standard InChI is InChI=1S/C23H19ClN4O4S2/c1-27-12-15-10-14-8-9-28(22(29)19(14)11-16(15)13-27)18-4-2-17(3-5-18)25-23(30)26-34(31,32)21-7-6-20(24)33-21/h2-11H,12-13H2,1H3,(H2,25,26,30). The lowest BCUT2D eigenvalue weighted by Gasteiger charge is -2.11. The summed E-state index contributed by atoms with van der Waals surface area (Å²) in [5.41, 5.74) is 3.26. The van der Waals surface area contributed by atoms with Gasteiger partial charge in [-0.15, -0.1) is 11.3 Å². The Hall–Kier alpha value is -3.18. The Morgan fingerprint density at radius 3 is 2.41 bits per heavy atom. The zero-order valence-electron chi connectivity index (χ0n) is 17.9. The maximum Gasteiger partial charge on any atom is 0.333 e. The van der Waals surface area contributed by atoms with Gasteiger partial charge in [0.1, 0.15) is 4.21 Å². The van der Waals surface area contributed by atoms with Crippen LogP contribution >= 0.6 is 22.9 Å². The van der Waals surface area contributed by atoms with Crippen LogP contribution in [0.1, 0.15) is 11.1 Å². The number of thiophene rings is 1. The lowest BCUT2D eigenvalue weighted by molar-refractivity contribution is 0.256. The Bertz CT molecular complexity index is 1590. The van der Waals surface area contributed by atoms with E-state index in [9.17, 15) is 18.0 Å².